The quantitative estimate of drug-likeness (QED) is 0.494. The minimum Gasteiger partial charge on any atom is -0.478 e. The zero-order chi connectivity index (χ0) is 12.1. The first-order valence-electron chi connectivity index (χ1n) is 4.57. The van der Waals surface area contributed by atoms with Gasteiger partial charge in [-0.15, -0.1) is 11.8 Å². The van der Waals surface area contributed by atoms with E-state index in [2.05, 4.69) is 0 Å². The van der Waals surface area contributed by atoms with Crippen LogP contribution in [0.5, 0.6) is 0 Å². The molecule has 0 saturated heterocycles. The molecule has 0 aromatic heterocycles. The molecule has 86 valence electrons. The lowest BCUT2D eigenvalue weighted by atomic mass is 10.3. The van der Waals surface area contributed by atoms with Crippen molar-refractivity contribution >= 4 is 35.0 Å². The minimum absolute atomic E-state index is 0.580. The maximum atomic E-state index is 10.4. The summed E-state index contributed by atoms with van der Waals surface area (Å²) in [7, 11) is 0. The van der Waals surface area contributed by atoms with Crippen LogP contribution in [-0.4, -0.2) is 16.8 Å². The Morgan fingerprint density at radius 1 is 1.62 bits per heavy atom. The van der Waals surface area contributed by atoms with Gasteiger partial charge in [-0.25, -0.2) is 4.79 Å². The van der Waals surface area contributed by atoms with Crippen molar-refractivity contribution in [2.45, 2.75) is 11.8 Å². The van der Waals surface area contributed by atoms with Crippen molar-refractivity contribution in [2.24, 2.45) is 0 Å². The fraction of sp³-hybridized carbons (Fsp3) is 0.182. The molecule has 0 aliphatic carbocycles. The van der Waals surface area contributed by atoms with Crippen LogP contribution in [0.1, 0.15) is 6.92 Å². The molecule has 0 aliphatic heterocycles. The molecule has 3 N–H and O–H groups in total. The van der Waals surface area contributed by atoms with E-state index in [0.29, 0.717) is 16.5 Å². The second-order valence-electron chi connectivity index (χ2n) is 3.30. The van der Waals surface area contributed by atoms with Gasteiger partial charge < -0.3 is 10.8 Å². The SMILES string of the molecule is CC(=CC(=O)O)CSc1cc(Cl)ccc1N. The number of rotatable bonds is 4. The van der Waals surface area contributed by atoms with Crippen LogP contribution in [-0.2, 0) is 4.79 Å². The van der Waals surface area contributed by atoms with Gasteiger partial charge >= 0.3 is 5.97 Å². The van der Waals surface area contributed by atoms with Gasteiger partial charge in [0.15, 0.2) is 0 Å². The third-order valence-electron chi connectivity index (χ3n) is 1.80. The van der Waals surface area contributed by atoms with E-state index in [1.165, 1.54) is 17.8 Å². The molecule has 0 bridgehead atoms. The standard InChI is InChI=1S/C11H12ClNO2S/c1-7(4-11(14)15)6-16-10-5-8(12)2-3-9(10)13/h2-5H,6,13H2,1H3,(H,14,15). The zero-order valence-corrected chi connectivity index (χ0v) is 10.3. The number of halogens is 1. The molecule has 1 aromatic carbocycles. The minimum atomic E-state index is -0.933. The summed E-state index contributed by atoms with van der Waals surface area (Å²) in [5.41, 5.74) is 7.19. The van der Waals surface area contributed by atoms with Crippen LogP contribution in [0.25, 0.3) is 0 Å². The Morgan fingerprint density at radius 2 is 2.31 bits per heavy atom. The van der Waals surface area contributed by atoms with E-state index in [0.717, 1.165) is 10.5 Å². The topological polar surface area (TPSA) is 63.3 Å². The van der Waals surface area contributed by atoms with Gasteiger partial charge in [0.05, 0.1) is 0 Å². The maximum Gasteiger partial charge on any atom is 0.328 e. The highest BCUT2D eigenvalue weighted by Gasteiger charge is 2.02. The van der Waals surface area contributed by atoms with Gasteiger partial charge in [0.1, 0.15) is 0 Å². The van der Waals surface area contributed by atoms with Gasteiger partial charge in [0, 0.05) is 27.4 Å². The summed E-state index contributed by atoms with van der Waals surface area (Å²) in [6.45, 7) is 1.77. The molecule has 0 atom stereocenters. The van der Waals surface area contributed by atoms with Crippen LogP contribution in [0.15, 0.2) is 34.7 Å². The summed E-state index contributed by atoms with van der Waals surface area (Å²) in [4.78, 5) is 11.3. The number of nitrogen functional groups attached to an aromatic ring is 1. The number of benzene rings is 1. The van der Waals surface area contributed by atoms with Gasteiger partial charge in [-0.2, -0.15) is 0 Å². The zero-order valence-electron chi connectivity index (χ0n) is 8.74. The number of anilines is 1. The number of carboxylic acids is 1. The van der Waals surface area contributed by atoms with Crippen molar-refractivity contribution in [3.8, 4) is 0 Å². The Bertz CT molecular complexity index is 432. The van der Waals surface area contributed by atoms with Crippen LogP contribution < -0.4 is 5.73 Å². The molecule has 0 heterocycles. The average molecular weight is 258 g/mol. The van der Waals surface area contributed by atoms with Crippen LogP contribution in [0.4, 0.5) is 5.69 Å². The van der Waals surface area contributed by atoms with Gasteiger partial charge in [0.2, 0.25) is 0 Å². The number of carboxylic acid groups (broad SMARTS) is 1. The summed E-state index contributed by atoms with van der Waals surface area (Å²) in [5.74, 6) is -0.353. The fourth-order valence-corrected chi connectivity index (χ4v) is 2.23. The molecule has 0 spiro atoms. The molecule has 0 aliphatic rings. The summed E-state index contributed by atoms with van der Waals surface area (Å²) < 4.78 is 0. The first-order valence-corrected chi connectivity index (χ1v) is 5.93. The highest BCUT2D eigenvalue weighted by atomic mass is 35.5. The van der Waals surface area contributed by atoms with E-state index in [1.807, 2.05) is 0 Å². The van der Waals surface area contributed by atoms with Gasteiger partial charge in [-0.1, -0.05) is 17.2 Å². The van der Waals surface area contributed by atoms with Crippen LogP contribution in [0, 0.1) is 0 Å². The molecule has 3 nitrogen and oxygen atoms in total. The van der Waals surface area contributed by atoms with E-state index in [4.69, 9.17) is 22.4 Å². The number of carbonyl (C=O) groups is 1. The summed E-state index contributed by atoms with van der Waals surface area (Å²) in [6, 6.07) is 5.23. The van der Waals surface area contributed by atoms with Crippen molar-refractivity contribution in [3.63, 3.8) is 0 Å². The number of nitrogens with two attached hydrogens (primary N) is 1. The number of aliphatic carboxylic acids is 1. The van der Waals surface area contributed by atoms with E-state index in [-0.39, 0.29) is 0 Å². The molecular weight excluding hydrogens is 246 g/mol. The predicted molar refractivity (Wildman–Crippen MR) is 68.0 cm³/mol. The molecule has 0 unspecified atom stereocenters. The molecule has 1 rings (SSSR count). The third kappa shape index (κ3) is 4.16. The normalized spacial score (nSPS) is 11.5. The van der Waals surface area contributed by atoms with Gasteiger partial charge in [-0.05, 0) is 25.1 Å². The lowest BCUT2D eigenvalue weighted by Crippen LogP contribution is -1.93. The van der Waals surface area contributed by atoms with Crippen LogP contribution in [0.2, 0.25) is 5.02 Å². The molecule has 0 radical (unpaired) electrons. The number of hydrogen-bond donors (Lipinski definition) is 2. The summed E-state index contributed by atoms with van der Waals surface area (Å²) >= 11 is 7.31. The second kappa shape index (κ2) is 5.82. The largest absolute Gasteiger partial charge is 0.478 e. The van der Waals surface area contributed by atoms with Crippen molar-refractivity contribution in [2.75, 3.05) is 11.5 Å². The smallest absolute Gasteiger partial charge is 0.328 e. The van der Waals surface area contributed by atoms with Crippen LogP contribution in [0.3, 0.4) is 0 Å². The van der Waals surface area contributed by atoms with Crippen LogP contribution >= 0.6 is 23.4 Å². The number of hydrogen-bond acceptors (Lipinski definition) is 3. The molecule has 0 fully saturated rings. The average Bonchev–Trinajstić information content (AvgIpc) is 2.18. The van der Waals surface area contributed by atoms with E-state index >= 15 is 0 Å². The van der Waals surface area contributed by atoms with E-state index in [9.17, 15) is 4.79 Å². The molecule has 0 saturated carbocycles. The van der Waals surface area contributed by atoms with Gasteiger partial charge in [-0.3, -0.25) is 0 Å². The summed E-state index contributed by atoms with van der Waals surface area (Å²) in [5, 5.41) is 9.17. The second-order valence-corrected chi connectivity index (χ2v) is 4.75. The van der Waals surface area contributed by atoms with E-state index < -0.39 is 5.97 Å². The third-order valence-corrected chi connectivity index (χ3v) is 3.30. The Hall–Kier alpha value is -1.13. The van der Waals surface area contributed by atoms with E-state index in [1.54, 1.807) is 25.1 Å². The van der Waals surface area contributed by atoms with Crippen molar-refractivity contribution in [1.29, 1.82) is 0 Å². The lowest BCUT2D eigenvalue weighted by molar-refractivity contribution is -0.131. The highest BCUT2D eigenvalue weighted by molar-refractivity contribution is 7.99. The predicted octanol–water partition coefficient (Wildman–Crippen LogP) is 3.05. The Labute approximate surface area is 103 Å². The number of thioether (sulfide) groups is 1. The van der Waals surface area contributed by atoms with Crippen molar-refractivity contribution in [3.05, 3.63) is 34.9 Å². The molecule has 5 heteroatoms. The fourth-order valence-electron chi connectivity index (χ4n) is 1.08. The van der Waals surface area contributed by atoms with Gasteiger partial charge in [0.25, 0.3) is 0 Å². The van der Waals surface area contributed by atoms with Crippen molar-refractivity contribution < 1.29 is 9.90 Å². The Morgan fingerprint density at radius 3 is 2.94 bits per heavy atom. The maximum absolute atomic E-state index is 10.4. The monoisotopic (exact) mass is 257 g/mol. The Kier molecular flexibility index (Phi) is 4.71. The Balaban J connectivity index is 2.68. The first kappa shape index (κ1) is 12.9. The first-order chi connectivity index (χ1) is 7.49. The molecule has 0 amide bonds. The molecular formula is C11H12ClNO2S. The molecule has 1 aromatic rings. The summed E-state index contributed by atoms with van der Waals surface area (Å²) in [6.07, 6.45) is 1.19. The molecule has 16 heavy (non-hydrogen) atoms. The van der Waals surface area contributed by atoms with Crippen molar-refractivity contribution in [1.82, 2.24) is 0 Å². The highest BCUT2D eigenvalue weighted by Crippen LogP contribution is 2.29. The lowest BCUT2D eigenvalue weighted by Gasteiger charge is -2.05.